The predicted molar refractivity (Wildman–Crippen MR) is 81.1 cm³/mol. The van der Waals surface area contributed by atoms with Crippen LogP contribution in [-0.2, 0) is 11.3 Å². The Morgan fingerprint density at radius 2 is 2.33 bits per heavy atom. The number of pyridine rings is 1. The molecule has 1 unspecified atom stereocenters. The molecule has 0 aromatic carbocycles. The fourth-order valence-corrected chi connectivity index (χ4v) is 2.67. The Kier molecular flexibility index (Phi) is 5.43. The number of carbonyl (C=O) groups excluding carboxylic acids is 1. The van der Waals surface area contributed by atoms with Gasteiger partial charge in [-0.2, -0.15) is 5.26 Å². The van der Waals surface area contributed by atoms with E-state index in [1.54, 1.807) is 17.3 Å². The first-order valence-electron chi connectivity index (χ1n) is 6.56. The molecular weight excluding hydrogens is 284 g/mol. The normalized spacial score (nSPS) is 11.6. The molecule has 2 rings (SSSR count). The highest BCUT2D eigenvalue weighted by atomic mass is 32.1. The van der Waals surface area contributed by atoms with E-state index in [0.717, 1.165) is 10.4 Å². The number of rotatable bonds is 6. The summed E-state index contributed by atoms with van der Waals surface area (Å²) in [5.74, 6) is -0.170. The Morgan fingerprint density at radius 1 is 1.48 bits per heavy atom. The minimum Gasteiger partial charge on any atom is -0.336 e. The van der Waals surface area contributed by atoms with E-state index in [1.807, 2.05) is 29.6 Å². The van der Waals surface area contributed by atoms with Crippen LogP contribution in [0.2, 0.25) is 0 Å². The fourth-order valence-electron chi connectivity index (χ4n) is 1.95. The SMILES string of the molecule is N#CCCN(Cc1cccnc1)C(=O)C(N)c1cccs1. The van der Waals surface area contributed by atoms with Crippen molar-refractivity contribution in [3.8, 4) is 6.07 Å². The second kappa shape index (κ2) is 7.53. The number of nitrogens with two attached hydrogens (primary N) is 1. The molecule has 0 saturated heterocycles. The largest absolute Gasteiger partial charge is 0.336 e. The third-order valence-corrected chi connectivity index (χ3v) is 3.97. The smallest absolute Gasteiger partial charge is 0.245 e. The summed E-state index contributed by atoms with van der Waals surface area (Å²) in [6.07, 6.45) is 3.68. The van der Waals surface area contributed by atoms with Crippen molar-refractivity contribution in [1.29, 1.82) is 5.26 Å². The van der Waals surface area contributed by atoms with E-state index in [-0.39, 0.29) is 12.3 Å². The topological polar surface area (TPSA) is 83.0 Å². The summed E-state index contributed by atoms with van der Waals surface area (Å²) in [6.45, 7) is 0.775. The second-order valence-electron chi connectivity index (χ2n) is 4.52. The Balaban J connectivity index is 2.11. The number of thiophene rings is 1. The van der Waals surface area contributed by atoms with Crippen LogP contribution in [0, 0.1) is 11.3 Å². The van der Waals surface area contributed by atoms with Crippen molar-refractivity contribution in [2.45, 2.75) is 19.0 Å². The first kappa shape index (κ1) is 15.2. The van der Waals surface area contributed by atoms with Crippen LogP contribution in [0.5, 0.6) is 0 Å². The molecule has 5 nitrogen and oxygen atoms in total. The van der Waals surface area contributed by atoms with E-state index in [9.17, 15) is 4.79 Å². The molecule has 0 aliphatic rings. The van der Waals surface area contributed by atoms with Crippen molar-refractivity contribution in [3.63, 3.8) is 0 Å². The summed E-state index contributed by atoms with van der Waals surface area (Å²) in [6, 6.07) is 8.82. The van der Waals surface area contributed by atoms with Gasteiger partial charge in [0.2, 0.25) is 5.91 Å². The lowest BCUT2D eigenvalue weighted by Crippen LogP contribution is -2.38. The molecule has 0 spiro atoms. The maximum atomic E-state index is 12.5. The minimum atomic E-state index is -0.680. The molecule has 2 aromatic heterocycles. The highest BCUT2D eigenvalue weighted by Crippen LogP contribution is 2.20. The molecule has 0 radical (unpaired) electrons. The van der Waals surface area contributed by atoms with Crippen LogP contribution in [0.1, 0.15) is 22.9 Å². The number of hydrogen-bond donors (Lipinski definition) is 1. The lowest BCUT2D eigenvalue weighted by atomic mass is 10.2. The quantitative estimate of drug-likeness (QED) is 0.885. The standard InChI is InChI=1S/C15H16N4OS/c16-6-3-8-19(11-12-4-1-7-18-10-12)15(20)14(17)13-5-2-9-21-13/h1-2,4-5,7,9-10,14H,3,8,11,17H2. The molecule has 0 fully saturated rings. The number of nitriles is 1. The van der Waals surface area contributed by atoms with Crippen molar-refractivity contribution in [1.82, 2.24) is 9.88 Å². The summed E-state index contributed by atoms with van der Waals surface area (Å²) >= 11 is 1.46. The van der Waals surface area contributed by atoms with Crippen molar-refractivity contribution in [2.24, 2.45) is 5.73 Å². The van der Waals surface area contributed by atoms with Crippen molar-refractivity contribution in [2.75, 3.05) is 6.54 Å². The summed E-state index contributed by atoms with van der Waals surface area (Å²) in [7, 11) is 0. The second-order valence-corrected chi connectivity index (χ2v) is 5.50. The van der Waals surface area contributed by atoms with Crippen LogP contribution in [0.25, 0.3) is 0 Å². The lowest BCUT2D eigenvalue weighted by Gasteiger charge is -2.24. The van der Waals surface area contributed by atoms with Gasteiger partial charge >= 0.3 is 0 Å². The number of hydrogen-bond acceptors (Lipinski definition) is 5. The third-order valence-electron chi connectivity index (χ3n) is 3.02. The van der Waals surface area contributed by atoms with E-state index in [4.69, 9.17) is 11.0 Å². The van der Waals surface area contributed by atoms with Gasteiger partial charge in [-0.15, -0.1) is 11.3 Å². The Hall–Kier alpha value is -2.23. The van der Waals surface area contributed by atoms with Crippen molar-refractivity contribution < 1.29 is 4.79 Å². The van der Waals surface area contributed by atoms with Gasteiger partial charge in [-0.25, -0.2) is 0 Å². The Bertz CT molecular complexity index is 606. The van der Waals surface area contributed by atoms with Gasteiger partial charge in [-0.1, -0.05) is 12.1 Å². The maximum Gasteiger partial charge on any atom is 0.245 e. The van der Waals surface area contributed by atoms with Crippen molar-refractivity contribution >= 4 is 17.2 Å². The summed E-state index contributed by atoms with van der Waals surface area (Å²) in [5.41, 5.74) is 6.95. The van der Waals surface area contributed by atoms with Gasteiger partial charge in [0.15, 0.2) is 0 Å². The van der Waals surface area contributed by atoms with Gasteiger partial charge in [-0.3, -0.25) is 9.78 Å². The predicted octanol–water partition coefficient (Wildman–Crippen LogP) is 2.09. The molecule has 21 heavy (non-hydrogen) atoms. The van der Waals surface area contributed by atoms with Crippen LogP contribution in [0.3, 0.4) is 0 Å². The van der Waals surface area contributed by atoms with E-state index < -0.39 is 6.04 Å². The van der Waals surface area contributed by atoms with Crippen LogP contribution >= 0.6 is 11.3 Å². The zero-order chi connectivity index (χ0) is 15.1. The van der Waals surface area contributed by atoms with Crippen molar-refractivity contribution in [3.05, 3.63) is 52.5 Å². The molecule has 0 saturated carbocycles. The van der Waals surface area contributed by atoms with E-state index >= 15 is 0 Å². The molecule has 6 heteroatoms. The maximum absolute atomic E-state index is 12.5. The summed E-state index contributed by atoms with van der Waals surface area (Å²) in [5, 5.41) is 10.6. The first-order valence-corrected chi connectivity index (χ1v) is 7.44. The van der Waals surface area contributed by atoms with Gasteiger partial charge in [0.05, 0.1) is 12.5 Å². The molecule has 0 bridgehead atoms. The molecule has 2 N–H and O–H groups in total. The lowest BCUT2D eigenvalue weighted by molar-refractivity contribution is -0.133. The van der Waals surface area contributed by atoms with E-state index in [2.05, 4.69) is 11.1 Å². The first-order chi connectivity index (χ1) is 10.2. The molecule has 2 aromatic rings. The third kappa shape index (κ3) is 4.12. The van der Waals surface area contributed by atoms with Gasteiger partial charge in [0.25, 0.3) is 0 Å². The number of nitrogens with zero attached hydrogens (tertiary/aromatic N) is 3. The number of amides is 1. The van der Waals surface area contributed by atoms with Gasteiger partial charge in [0, 0.05) is 30.4 Å². The molecule has 108 valence electrons. The highest BCUT2D eigenvalue weighted by molar-refractivity contribution is 7.10. The molecule has 1 atom stereocenters. The number of carbonyl (C=O) groups is 1. The van der Waals surface area contributed by atoms with Crippen LogP contribution in [-0.4, -0.2) is 22.3 Å². The summed E-state index contributed by atoms with van der Waals surface area (Å²) < 4.78 is 0. The van der Waals surface area contributed by atoms with Crippen LogP contribution in [0.4, 0.5) is 0 Å². The zero-order valence-electron chi connectivity index (χ0n) is 11.5. The molecular formula is C15H16N4OS. The molecule has 0 aliphatic heterocycles. The minimum absolute atomic E-state index is 0.170. The average Bonchev–Trinajstić information content (AvgIpc) is 3.05. The zero-order valence-corrected chi connectivity index (χ0v) is 12.3. The van der Waals surface area contributed by atoms with Crippen LogP contribution < -0.4 is 5.73 Å². The van der Waals surface area contributed by atoms with Gasteiger partial charge < -0.3 is 10.6 Å². The highest BCUT2D eigenvalue weighted by Gasteiger charge is 2.23. The fraction of sp³-hybridized carbons (Fsp3) is 0.267. The number of aromatic nitrogens is 1. The van der Waals surface area contributed by atoms with Crippen LogP contribution in [0.15, 0.2) is 42.0 Å². The Morgan fingerprint density at radius 3 is 2.95 bits per heavy atom. The van der Waals surface area contributed by atoms with Gasteiger partial charge in [0.1, 0.15) is 6.04 Å². The molecule has 2 heterocycles. The van der Waals surface area contributed by atoms with Gasteiger partial charge in [-0.05, 0) is 23.1 Å². The molecule has 1 amide bonds. The van der Waals surface area contributed by atoms with E-state index in [1.165, 1.54) is 11.3 Å². The summed E-state index contributed by atoms with van der Waals surface area (Å²) in [4.78, 5) is 19.0. The molecule has 0 aliphatic carbocycles. The Labute approximate surface area is 127 Å². The average molecular weight is 300 g/mol. The monoisotopic (exact) mass is 300 g/mol. The van der Waals surface area contributed by atoms with E-state index in [0.29, 0.717) is 13.1 Å².